The number of rotatable bonds is 9. The van der Waals surface area contributed by atoms with E-state index < -0.39 is 28.6 Å². The predicted octanol–water partition coefficient (Wildman–Crippen LogP) is 6.25. The van der Waals surface area contributed by atoms with E-state index in [1.54, 1.807) is 0 Å². The molecular weight excluding hydrogens is 596 g/mol. The number of fused-ring (bicyclic) bond motifs is 2. The van der Waals surface area contributed by atoms with Crippen LogP contribution in [0, 0.1) is 45.8 Å². The number of hydrogen-bond donors (Lipinski definition) is 0. The summed E-state index contributed by atoms with van der Waals surface area (Å²) >= 11 is 0. The molecule has 6 aliphatic rings. The fourth-order valence-electron chi connectivity index (χ4n) is 11.0. The van der Waals surface area contributed by atoms with Gasteiger partial charge in [-0.3, -0.25) is 9.59 Å². The molecule has 5 fully saturated rings. The molecule has 2 aliphatic heterocycles. The van der Waals surface area contributed by atoms with E-state index in [9.17, 15) is 0 Å². The maximum absolute atomic E-state index is 15.9. The first kappa shape index (κ1) is 31.2. The van der Waals surface area contributed by atoms with Crippen molar-refractivity contribution in [1.29, 1.82) is 0 Å². The molecule has 2 aromatic rings. The highest BCUT2D eigenvalue weighted by Gasteiger charge is 2.89. The zero-order valence-corrected chi connectivity index (χ0v) is 27.6. The van der Waals surface area contributed by atoms with Gasteiger partial charge in [-0.05, 0) is 60.0 Å². The van der Waals surface area contributed by atoms with Crippen LogP contribution >= 0.6 is 0 Å². The highest BCUT2D eigenvalue weighted by Crippen LogP contribution is 2.85. The molecule has 0 aromatic heterocycles. The lowest BCUT2D eigenvalue weighted by Gasteiger charge is -2.61. The Morgan fingerprint density at radius 1 is 0.894 bits per heavy atom. The molecule has 0 spiro atoms. The lowest BCUT2D eigenvalue weighted by Crippen LogP contribution is -2.68. The minimum atomic E-state index is -1.33. The second-order valence-electron chi connectivity index (χ2n) is 14.9. The van der Waals surface area contributed by atoms with E-state index in [0.717, 1.165) is 29.5 Å². The molecule has 1 unspecified atom stereocenters. The third-order valence-corrected chi connectivity index (χ3v) is 12.6. The van der Waals surface area contributed by atoms with Gasteiger partial charge in [-0.15, -0.1) is 0 Å². The third-order valence-electron chi connectivity index (χ3n) is 12.6. The Hall–Kier alpha value is -3.04. The van der Waals surface area contributed by atoms with Crippen LogP contribution in [-0.2, 0) is 38.0 Å². The average Bonchev–Trinajstić information content (AvgIpc) is 3.93. The molecule has 250 valence electrons. The highest BCUT2D eigenvalue weighted by atomic mass is 16.7. The molecule has 47 heavy (non-hydrogen) atoms. The van der Waals surface area contributed by atoms with Crippen LogP contribution in [0.15, 0.2) is 72.3 Å². The standard InChI is InChI=1S/C39H46O8/c1-24(2)32-18-28-19-38(36-43-16-17-44-36)31-15-14-25(3)30(31)20-37(28,34(40)45-22-29-21-42-23-46-29)39(32,38)35(41)47-33(26-10-6-4-7-11-26)27-12-8-5-9-13-27/h4-13,18,24-25,28-31,33,36H,14-17,19-23H2,1-3H3/t25-,28+,29?,30-,31-,37-,38-,39-/m1/s1. The number of esters is 2. The van der Waals surface area contributed by atoms with Crippen molar-refractivity contribution < 1.29 is 38.0 Å². The summed E-state index contributed by atoms with van der Waals surface area (Å²) in [7, 11) is 0. The molecule has 2 saturated heterocycles. The fraction of sp³-hybridized carbons (Fsp3) is 0.590. The van der Waals surface area contributed by atoms with Crippen molar-refractivity contribution in [3.8, 4) is 0 Å². The molecule has 2 heterocycles. The van der Waals surface area contributed by atoms with E-state index in [4.69, 9.17) is 28.4 Å². The van der Waals surface area contributed by atoms with Crippen molar-refractivity contribution >= 4 is 11.9 Å². The molecule has 8 heteroatoms. The normalized spacial score (nSPS) is 37.4. The summed E-state index contributed by atoms with van der Waals surface area (Å²) in [6, 6.07) is 19.8. The number of hydrogen-bond acceptors (Lipinski definition) is 8. The lowest BCUT2D eigenvalue weighted by atomic mass is 9.42. The van der Waals surface area contributed by atoms with Crippen LogP contribution in [-0.4, -0.2) is 57.6 Å². The Balaban J connectivity index is 1.32. The second kappa shape index (κ2) is 11.8. The van der Waals surface area contributed by atoms with Crippen molar-refractivity contribution in [3.05, 3.63) is 83.4 Å². The van der Waals surface area contributed by atoms with Crippen LogP contribution in [0.25, 0.3) is 0 Å². The van der Waals surface area contributed by atoms with Gasteiger partial charge in [0.2, 0.25) is 0 Å². The van der Waals surface area contributed by atoms with Crippen LogP contribution < -0.4 is 0 Å². The summed E-state index contributed by atoms with van der Waals surface area (Å²) < 4.78 is 37.3. The number of carbonyl (C=O) groups excluding carboxylic acids is 2. The van der Waals surface area contributed by atoms with Gasteiger partial charge in [0.25, 0.3) is 0 Å². The van der Waals surface area contributed by atoms with Crippen molar-refractivity contribution in [1.82, 2.24) is 0 Å². The number of ether oxygens (including phenoxy) is 6. The quantitative estimate of drug-likeness (QED) is 0.234. The van der Waals surface area contributed by atoms with Crippen molar-refractivity contribution in [3.63, 3.8) is 0 Å². The molecule has 8 nitrogen and oxygen atoms in total. The van der Waals surface area contributed by atoms with Crippen LogP contribution in [0.4, 0.5) is 0 Å². The molecule has 4 aliphatic carbocycles. The summed E-state index contributed by atoms with van der Waals surface area (Å²) in [5.74, 6) is -0.173. The minimum Gasteiger partial charge on any atom is -0.462 e. The van der Waals surface area contributed by atoms with Gasteiger partial charge in [0, 0.05) is 5.41 Å². The maximum atomic E-state index is 15.9. The Morgan fingerprint density at radius 2 is 1.57 bits per heavy atom. The van der Waals surface area contributed by atoms with Gasteiger partial charge in [-0.1, -0.05) is 99.5 Å². The van der Waals surface area contributed by atoms with Crippen LogP contribution in [0.3, 0.4) is 0 Å². The minimum absolute atomic E-state index is 0.0188. The van der Waals surface area contributed by atoms with Gasteiger partial charge in [0.15, 0.2) is 12.4 Å². The van der Waals surface area contributed by atoms with Gasteiger partial charge in [-0.25, -0.2) is 0 Å². The Kier molecular flexibility index (Phi) is 7.86. The molecule has 0 amide bonds. The van der Waals surface area contributed by atoms with E-state index in [0.29, 0.717) is 38.6 Å². The third kappa shape index (κ3) is 4.33. The summed E-state index contributed by atoms with van der Waals surface area (Å²) in [5, 5.41) is 0. The average molecular weight is 643 g/mol. The molecular formula is C39H46O8. The number of benzene rings is 2. The summed E-state index contributed by atoms with van der Waals surface area (Å²) in [6.45, 7) is 8.12. The first-order valence-electron chi connectivity index (χ1n) is 17.5. The zero-order valence-electron chi connectivity index (χ0n) is 27.6. The molecule has 4 bridgehead atoms. The van der Waals surface area contributed by atoms with E-state index in [2.05, 4.69) is 26.8 Å². The zero-order chi connectivity index (χ0) is 32.4. The van der Waals surface area contributed by atoms with E-state index in [1.165, 1.54) is 0 Å². The molecule has 2 aromatic carbocycles. The van der Waals surface area contributed by atoms with Crippen molar-refractivity contribution in [2.75, 3.05) is 33.2 Å². The number of carbonyl (C=O) groups is 2. The van der Waals surface area contributed by atoms with Crippen LogP contribution in [0.5, 0.6) is 0 Å². The molecule has 8 rings (SSSR count). The maximum Gasteiger partial charge on any atom is 0.319 e. The molecule has 3 saturated carbocycles. The van der Waals surface area contributed by atoms with E-state index in [1.807, 2.05) is 60.7 Å². The van der Waals surface area contributed by atoms with Crippen molar-refractivity contribution in [2.45, 2.75) is 65.0 Å². The van der Waals surface area contributed by atoms with Gasteiger partial charge < -0.3 is 28.4 Å². The second-order valence-corrected chi connectivity index (χ2v) is 14.9. The van der Waals surface area contributed by atoms with Crippen LogP contribution in [0.1, 0.15) is 63.7 Å². The van der Waals surface area contributed by atoms with Gasteiger partial charge in [0.05, 0.1) is 25.2 Å². The van der Waals surface area contributed by atoms with E-state index >= 15 is 9.59 Å². The summed E-state index contributed by atoms with van der Waals surface area (Å²) in [4.78, 5) is 31.0. The van der Waals surface area contributed by atoms with Crippen molar-refractivity contribution in [2.24, 2.45) is 45.8 Å². The topological polar surface area (TPSA) is 89.5 Å². The predicted molar refractivity (Wildman–Crippen MR) is 171 cm³/mol. The summed E-state index contributed by atoms with van der Waals surface area (Å²) in [6.07, 6.45) is 3.82. The largest absolute Gasteiger partial charge is 0.462 e. The Morgan fingerprint density at radius 3 is 2.19 bits per heavy atom. The Bertz CT molecular complexity index is 1470. The fourth-order valence-corrected chi connectivity index (χ4v) is 11.0. The highest BCUT2D eigenvalue weighted by molar-refractivity contribution is 5.96. The van der Waals surface area contributed by atoms with Gasteiger partial charge in [0.1, 0.15) is 24.9 Å². The van der Waals surface area contributed by atoms with Gasteiger partial charge in [-0.2, -0.15) is 0 Å². The Labute approximate surface area is 277 Å². The molecule has 0 radical (unpaired) electrons. The monoisotopic (exact) mass is 642 g/mol. The van der Waals surface area contributed by atoms with Crippen LogP contribution in [0.2, 0.25) is 0 Å². The van der Waals surface area contributed by atoms with E-state index in [-0.39, 0.29) is 55.1 Å². The number of allylic oxidation sites excluding steroid dienone is 1. The van der Waals surface area contributed by atoms with Gasteiger partial charge >= 0.3 is 11.9 Å². The molecule has 0 N–H and O–H groups in total. The first-order chi connectivity index (χ1) is 22.8. The summed E-state index contributed by atoms with van der Waals surface area (Å²) in [5.41, 5.74) is -0.548. The smallest absolute Gasteiger partial charge is 0.319 e. The SMILES string of the molecule is CC(C)C1=C[C@H]2C[C@]3(C4OCCO4)[C@@H]4CC[C@@H](C)[C@H]4C[C@@]2(C(=O)OCC2COCO2)[C@]13C(=O)OC(c1ccccc1)c1ccccc1. The molecule has 8 atom stereocenters. The lowest BCUT2D eigenvalue weighted by molar-refractivity contribution is -0.246. The first-order valence-corrected chi connectivity index (χ1v) is 17.5.